The van der Waals surface area contributed by atoms with Crippen molar-refractivity contribution in [3.05, 3.63) is 65.6 Å². The number of allylic oxidation sites excluding steroid dienone is 1. The number of carbonyl (C=O) groups is 1. The molecule has 0 amide bonds. The minimum Gasteiger partial charge on any atom is -0.744 e. The molecule has 1 aliphatic rings. The average Bonchev–Trinajstić information content (AvgIpc) is 2.88. The number of rotatable bonds is 11. The highest BCUT2D eigenvalue weighted by Crippen LogP contribution is 2.42. The summed E-state index contributed by atoms with van der Waals surface area (Å²) in [5.74, 6) is 0.0363. The third-order valence-corrected chi connectivity index (χ3v) is 8.29. The van der Waals surface area contributed by atoms with E-state index >= 15 is 0 Å². The molecule has 8 nitrogen and oxygen atoms in total. The summed E-state index contributed by atoms with van der Waals surface area (Å²) in [4.78, 5) is 14.8. The van der Waals surface area contributed by atoms with Crippen LogP contribution in [-0.2, 0) is 20.3 Å². The van der Waals surface area contributed by atoms with E-state index in [1.165, 1.54) is 12.1 Å². The maximum atomic E-state index is 11.3. The predicted molar refractivity (Wildman–Crippen MR) is 153 cm³/mol. The van der Waals surface area contributed by atoms with Gasteiger partial charge in [0.25, 0.3) is 0 Å². The summed E-state index contributed by atoms with van der Waals surface area (Å²) in [5.41, 5.74) is 4.57. The molecule has 0 spiro atoms. The lowest BCUT2D eigenvalue weighted by Gasteiger charge is -2.33. The van der Waals surface area contributed by atoms with Gasteiger partial charge in [0.2, 0.25) is 0 Å². The number of unbranched alkanes of at least 4 members (excludes halogenated alkanes) is 2. The summed E-state index contributed by atoms with van der Waals surface area (Å²) in [6, 6.07) is 14.4. The lowest BCUT2D eigenvalue weighted by Crippen LogP contribution is -2.29. The van der Waals surface area contributed by atoms with Gasteiger partial charge in [-0.3, -0.25) is 4.79 Å². The standard InChI is InChI=1S/C30H36N2O6S/c1-5-32(16-8-6-7-9-29(33)34)23-11-10-21-17-26-28(38-27(21)18-23)19-24(20-30(26,2)3)31(4)22-12-14-25(15-13-22)39(35,36)37/h10-15,17-19H,5-9,16,20H2,1-4H3,(H-,33,34,35,36,37). The molecular weight excluding hydrogens is 516 g/mol. The molecule has 1 aliphatic carbocycles. The van der Waals surface area contributed by atoms with Gasteiger partial charge < -0.3 is 19.5 Å². The molecule has 0 saturated heterocycles. The maximum absolute atomic E-state index is 11.3. The van der Waals surface area contributed by atoms with Crippen molar-refractivity contribution in [3.63, 3.8) is 0 Å². The molecule has 1 aromatic heterocycles. The molecular formula is C30H36N2O6S. The zero-order valence-corrected chi connectivity index (χ0v) is 23.8. The van der Waals surface area contributed by atoms with Crippen LogP contribution in [0, 0.1) is 0 Å². The maximum Gasteiger partial charge on any atom is 0.362 e. The normalized spacial score (nSPS) is 14.5. The molecule has 9 heteroatoms. The van der Waals surface area contributed by atoms with E-state index in [2.05, 4.69) is 49.9 Å². The largest absolute Gasteiger partial charge is 0.744 e. The van der Waals surface area contributed by atoms with Crippen molar-refractivity contribution in [2.24, 2.45) is 0 Å². The quantitative estimate of drug-likeness (QED) is 0.169. The number of fused-ring (bicyclic) bond motifs is 2. The Hall–Kier alpha value is -3.43. The molecule has 2 aromatic carbocycles. The summed E-state index contributed by atoms with van der Waals surface area (Å²) < 4.78 is 40.4. The van der Waals surface area contributed by atoms with Crippen LogP contribution in [-0.4, -0.2) is 44.2 Å². The van der Waals surface area contributed by atoms with Crippen molar-refractivity contribution in [1.82, 2.24) is 0 Å². The highest BCUT2D eigenvalue weighted by molar-refractivity contribution is 7.85. The third kappa shape index (κ3) is 6.59. The van der Waals surface area contributed by atoms with Crippen molar-refractivity contribution < 1.29 is 27.3 Å². The van der Waals surface area contributed by atoms with Gasteiger partial charge in [-0.25, -0.2) is 12.8 Å². The van der Waals surface area contributed by atoms with Crippen LogP contribution in [0.5, 0.6) is 0 Å². The molecule has 0 saturated carbocycles. The minimum atomic E-state index is -4.50. The fraction of sp³-hybridized carbons (Fsp3) is 0.400. The van der Waals surface area contributed by atoms with Gasteiger partial charge in [0, 0.05) is 49.0 Å². The monoisotopic (exact) mass is 552 g/mol. The Labute approximate surface area is 230 Å². The van der Waals surface area contributed by atoms with Gasteiger partial charge in [-0.2, -0.15) is 0 Å². The van der Waals surface area contributed by atoms with E-state index in [0.717, 1.165) is 71.7 Å². The SMILES string of the molecule is CCN(CCCCCC(=O)O)c1ccc2cc3c([o+]c2c1)C=C(N(C)c1ccc(S(=O)(=O)[O-])cc1)CC3(C)C. The summed E-state index contributed by atoms with van der Waals surface area (Å²) >= 11 is 0. The first-order valence-corrected chi connectivity index (χ1v) is 14.7. The van der Waals surface area contributed by atoms with Crippen LogP contribution in [0.25, 0.3) is 17.0 Å². The highest BCUT2D eigenvalue weighted by Gasteiger charge is 2.37. The molecule has 0 unspecified atom stereocenters. The van der Waals surface area contributed by atoms with Crippen LogP contribution in [0.1, 0.15) is 64.2 Å². The molecule has 39 heavy (non-hydrogen) atoms. The summed E-state index contributed by atoms with van der Waals surface area (Å²) in [7, 11) is -2.58. The van der Waals surface area contributed by atoms with Crippen LogP contribution in [0.4, 0.5) is 11.4 Å². The third-order valence-electron chi connectivity index (χ3n) is 7.44. The molecule has 3 aromatic rings. The van der Waals surface area contributed by atoms with Crippen molar-refractivity contribution >= 4 is 44.5 Å². The van der Waals surface area contributed by atoms with Crippen molar-refractivity contribution in [2.75, 3.05) is 29.9 Å². The fourth-order valence-corrected chi connectivity index (χ4v) is 5.63. The molecule has 1 heterocycles. The number of carboxylic acids is 1. The van der Waals surface area contributed by atoms with Crippen LogP contribution in [0.3, 0.4) is 0 Å². The zero-order chi connectivity index (χ0) is 28.4. The molecule has 208 valence electrons. The van der Waals surface area contributed by atoms with Crippen LogP contribution < -0.4 is 9.80 Å². The second-order valence-electron chi connectivity index (χ2n) is 10.7. The van der Waals surface area contributed by atoms with Crippen molar-refractivity contribution in [3.8, 4) is 0 Å². The number of anilines is 2. The predicted octanol–water partition coefficient (Wildman–Crippen LogP) is 6.25. The van der Waals surface area contributed by atoms with Crippen LogP contribution in [0.15, 0.2) is 63.5 Å². The Kier molecular flexibility index (Phi) is 8.32. The number of carboxylic acid groups (broad SMARTS) is 1. The number of aliphatic carboxylic acids is 1. The Bertz CT molecular complexity index is 1500. The smallest absolute Gasteiger partial charge is 0.362 e. The Morgan fingerprint density at radius 2 is 1.74 bits per heavy atom. The van der Waals surface area contributed by atoms with E-state index < -0.39 is 16.1 Å². The Morgan fingerprint density at radius 1 is 1.05 bits per heavy atom. The Balaban J connectivity index is 1.61. The minimum absolute atomic E-state index is 0.201. The first-order chi connectivity index (χ1) is 18.4. The van der Waals surface area contributed by atoms with Gasteiger partial charge in [-0.15, -0.1) is 0 Å². The first kappa shape index (κ1) is 28.6. The molecule has 1 N–H and O–H groups in total. The van der Waals surface area contributed by atoms with Crippen LogP contribution >= 0.6 is 0 Å². The number of hydrogen-bond donors (Lipinski definition) is 1. The van der Waals surface area contributed by atoms with Crippen molar-refractivity contribution in [2.45, 2.75) is 63.2 Å². The van der Waals surface area contributed by atoms with E-state index in [9.17, 15) is 17.8 Å². The fourth-order valence-electron chi connectivity index (χ4n) is 5.16. The van der Waals surface area contributed by atoms with Gasteiger partial charge >= 0.3 is 17.3 Å². The van der Waals surface area contributed by atoms with Gasteiger partial charge in [0.1, 0.15) is 10.1 Å². The molecule has 0 atom stereocenters. The second kappa shape index (κ2) is 11.4. The number of benzene rings is 2. The van der Waals surface area contributed by atoms with E-state index in [1.54, 1.807) is 12.1 Å². The summed E-state index contributed by atoms with van der Waals surface area (Å²) in [6.45, 7) is 8.15. The van der Waals surface area contributed by atoms with Gasteiger partial charge in [-0.05, 0) is 68.7 Å². The van der Waals surface area contributed by atoms with Gasteiger partial charge in [0.05, 0.1) is 28.0 Å². The highest BCUT2D eigenvalue weighted by atomic mass is 32.2. The van der Waals surface area contributed by atoms with E-state index in [4.69, 9.17) is 9.52 Å². The molecule has 0 bridgehead atoms. The molecule has 4 rings (SSSR count). The topological polar surface area (TPSA) is 112 Å². The summed E-state index contributed by atoms with van der Waals surface area (Å²) in [5, 5.41) is 9.88. The molecule has 0 aliphatic heterocycles. The van der Waals surface area contributed by atoms with E-state index in [1.807, 2.05) is 18.0 Å². The molecule has 0 radical (unpaired) electrons. The van der Waals surface area contributed by atoms with E-state index in [0.29, 0.717) is 6.42 Å². The lowest BCUT2D eigenvalue weighted by atomic mass is 9.76. The van der Waals surface area contributed by atoms with E-state index in [-0.39, 0.29) is 16.7 Å². The Morgan fingerprint density at radius 3 is 2.38 bits per heavy atom. The van der Waals surface area contributed by atoms with Crippen molar-refractivity contribution in [1.29, 1.82) is 0 Å². The average molecular weight is 553 g/mol. The first-order valence-electron chi connectivity index (χ1n) is 13.3. The number of hydrogen-bond acceptors (Lipinski definition) is 6. The zero-order valence-electron chi connectivity index (χ0n) is 22.9. The van der Waals surface area contributed by atoms with Gasteiger partial charge in [-0.1, -0.05) is 20.3 Å². The lowest BCUT2D eigenvalue weighted by molar-refractivity contribution is -0.137. The van der Waals surface area contributed by atoms with Crippen LogP contribution in [0.2, 0.25) is 0 Å². The summed E-state index contributed by atoms with van der Waals surface area (Å²) in [6.07, 6.45) is 5.48. The molecule has 0 fully saturated rings. The number of nitrogens with zero attached hydrogens (tertiary/aromatic N) is 2. The second-order valence-corrected chi connectivity index (χ2v) is 12.1. The van der Waals surface area contributed by atoms with Gasteiger partial charge in [0.15, 0.2) is 0 Å².